The van der Waals surface area contributed by atoms with Crippen molar-refractivity contribution in [3.05, 3.63) is 78.0 Å². The van der Waals surface area contributed by atoms with Gasteiger partial charge in [-0.2, -0.15) is 0 Å². The van der Waals surface area contributed by atoms with Gasteiger partial charge in [0.25, 0.3) is 5.91 Å². The summed E-state index contributed by atoms with van der Waals surface area (Å²) in [4.78, 5) is 20.6. The molecule has 0 bridgehead atoms. The SMILES string of the molecule is CC[C@@H](NC(=O)c1ccc(-c2ccnc(N)n2)cc1)c1ccccc1. The van der Waals surface area contributed by atoms with Gasteiger partial charge in [0.2, 0.25) is 5.95 Å². The summed E-state index contributed by atoms with van der Waals surface area (Å²) in [6.07, 6.45) is 2.44. The number of nitrogens with one attached hydrogen (secondary N) is 1. The van der Waals surface area contributed by atoms with Crippen molar-refractivity contribution in [3.63, 3.8) is 0 Å². The predicted molar refractivity (Wildman–Crippen MR) is 98.8 cm³/mol. The van der Waals surface area contributed by atoms with Gasteiger partial charge in [-0.05, 0) is 30.2 Å². The Bertz CT molecular complexity index is 847. The Balaban J connectivity index is 1.74. The van der Waals surface area contributed by atoms with Crippen LogP contribution in [-0.4, -0.2) is 15.9 Å². The smallest absolute Gasteiger partial charge is 0.251 e. The standard InChI is InChI=1S/C20H20N4O/c1-2-17(14-6-4-3-5-7-14)23-19(25)16-10-8-15(9-11-16)18-12-13-22-20(21)24-18/h3-13,17H,2H2,1H3,(H,23,25)(H2,21,22,24)/t17-/m1/s1. The maximum atomic E-state index is 12.5. The number of nitrogen functional groups attached to an aromatic ring is 1. The van der Waals surface area contributed by atoms with Crippen molar-refractivity contribution in [1.29, 1.82) is 0 Å². The monoisotopic (exact) mass is 332 g/mol. The molecule has 3 N–H and O–H groups in total. The Morgan fingerprint density at radius 3 is 2.44 bits per heavy atom. The largest absolute Gasteiger partial charge is 0.368 e. The van der Waals surface area contributed by atoms with Crippen LogP contribution >= 0.6 is 0 Å². The van der Waals surface area contributed by atoms with Crippen LogP contribution in [0.25, 0.3) is 11.3 Å². The summed E-state index contributed by atoms with van der Waals surface area (Å²) in [6, 6.07) is 19.1. The van der Waals surface area contributed by atoms with Crippen molar-refractivity contribution >= 4 is 11.9 Å². The molecule has 126 valence electrons. The highest BCUT2D eigenvalue weighted by molar-refractivity contribution is 5.94. The lowest BCUT2D eigenvalue weighted by atomic mass is 10.0. The Morgan fingerprint density at radius 1 is 1.08 bits per heavy atom. The normalized spacial score (nSPS) is 11.7. The average molecular weight is 332 g/mol. The lowest BCUT2D eigenvalue weighted by molar-refractivity contribution is 0.0935. The summed E-state index contributed by atoms with van der Waals surface area (Å²) in [6.45, 7) is 2.06. The third-order valence-electron chi connectivity index (χ3n) is 4.03. The molecule has 3 rings (SSSR count). The van der Waals surface area contributed by atoms with Crippen LogP contribution in [0.4, 0.5) is 5.95 Å². The number of nitrogens with two attached hydrogens (primary N) is 1. The molecule has 1 heterocycles. The fourth-order valence-corrected chi connectivity index (χ4v) is 2.67. The number of benzene rings is 2. The molecule has 1 aromatic heterocycles. The molecule has 0 unspecified atom stereocenters. The molecular formula is C20H20N4O. The minimum atomic E-state index is -0.0931. The van der Waals surface area contributed by atoms with Gasteiger partial charge in [0.1, 0.15) is 0 Å². The van der Waals surface area contributed by atoms with Gasteiger partial charge in [0.05, 0.1) is 11.7 Å². The number of anilines is 1. The second-order valence-electron chi connectivity index (χ2n) is 5.72. The molecule has 3 aromatic rings. The van der Waals surface area contributed by atoms with Crippen LogP contribution in [0.15, 0.2) is 66.9 Å². The summed E-state index contributed by atoms with van der Waals surface area (Å²) in [5, 5.41) is 3.08. The van der Waals surface area contributed by atoms with Crippen molar-refractivity contribution in [2.24, 2.45) is 0 Å². The molecule has 1 atom stereocenters. The van der Waals surface area contributed by atoms with Gasteiger partial charge in [-0.1, -0.05) is 49.4 Å². The number of amides is 1. The van der Waals surface area contributed by atoms with E-state index in [1.165, 1.54) is 0 Å². The third kappa shape index (κ3) is 4.01. The summed E-state index contributed by atoms with van der Waals surface area (Å²) in [5.41, 5.74) is 8.95. The Morgan fingerprint density at radius 2 is 1.80 bits per heavy atom. The zero-order valence-corrected chi connectivity index (χ0v) is 14.0. The summed E-state index contributed by atoms with van der Waals surface area (Å²) >= 11 is 0. The first kappa shape index (κ1) is 16.6. The molecule has 5 nitrogen and oxygen atoms in total. The van der Waals surface area contributed by atoms with Crippen LogP contribution < -0.4 is 11.1 Å². The van der Waals surface area contributed by atoms with E-state index in [1.807, 2.05) is 42.5 Å². The molecule has 0 aliphatic rings. The molecule has 2 aromatic carbocycles. The van der Waals surface area contributed by atoms with Gasteiger partial charge in [-0.3, -0.25) is 4.79 Å². The number of rotatable bonds is 5. The fraction of sp³-hybridized carbons (Fsp3) is 0.150. The Hall–Kier alpha value is -3.21. The van der Waals surface area contributed by atoms with Gasteiger partial charge in [-0.15, -0.1) is 0 Å². The van der Waals surface area contributed by atoms with Crippen LogP contribution in [-0.2, 0) is 0 Å². The van der Waals surface area contributed by atoms with Gasteiger partial charge in [0, 0.05) is 17.3 Å². The van der Waals surface area contributed by atoms with E-state index in [2.05, 4.69) is 22.2 Å². The predicted octanol–water partition coefficient (Wildman–Crippen LogP) is 3.61. The fourth-order valence-electron chi connectivity index (χ4n) is 2.67. The summed E-state index contributed by atoms with van der Waals surface area (Å²) in [7, 11) is 0. The number of hydrogen-bond acceptors (Lipinski definition) is 4. The van der Waals surface area contributed by atoms with Gasteiger partial charge in [-0.25, -0.2) is 9.97 Å². The van der Waals surface area contributed by atoms with Crippen LogP contribution in [0.2, 0.25) is 0 Å². The third-order valence-corrected chi connectivity index (χ3v) is 4.03. The van der Waals surface area contributed by atoms with Crippen molar-refractivity contribution in [3.8, 4) is 11.3 Å². The highest BCUT2D eigenvalue weighted by Gasteiger charge is 2.14. The highest BCUT2D eigenvalue weighted by atomic mass is 16.1. The van der Waals surface area contributed by atoms with E-state index in [9.17, 15) is 4.79 Å². The molecule has 25 heavy (non-hydrogen) atoms. The van der Waals surface area contributed by atoms with E-state index in [4.69, 9.17) is 5.73 Å². The second kappa shape index (κ2) is 7.57. The lowest BCUT2D eigenvalue weighted by Crippen LogP contribution is -2.28. The van der Waals surface area contributed by atoms with Gasteiger partial charge >= 0.3 is 0 Å². The molecule has 0 radical (unpaired) electrons. The number of carbonyl (C=O) groups is 1. The summed E-state index contributed by atoms with van der Waals surface area (Å²) in [5.74, 6) is 0.137. The summed E-state index contributed by atoms with van der Waals surface area (Å²) < 4.78 is 0. The van der Waals surface area contributed by atoms with Crippen LogP contribution in [0.5, 0.6) is 0 Å². The maximum absolute atomic E-state index is 12.5. The second-order valence-corrected chi connectivity index (χ2v) is 5.72. The van der Waals surface area contributed by atoms with E-state index in [-0.39, 0.29) is 17.9 Å². The highest BCUT2D eigenvalue weighted by Crippen LogP contribution is 2.19. The zero-order chi connectivity index (χ0) is 17.6. The molecule has 5 heteroatoms. The molecule has 0 fully saturated rings. The van der Waals surface area contributed by atoms with E-state index in [0.29, 0.717) is 5.56 Å². The van der Waals surface area contributed by atoms with Gasteiger partial charge < -0.3 is 11.1 Å². The number of hydrogen-bond donors (Lipinski definition) is 2. The molecule has 0 spiro atoms. The molecule has 1 amide bonds. The van der Waals surface area contributed by atoms with Crippen molar-refractivity contribution in [1.82, 2.24) is 15.3 Å². The topological polar surface area (TPSA) is 80.9 Å². The molecular weight excluding hydrogens is 312 g/mol. The minimum Gasteiger partial charge on any atom is -0.368 e. The molecule has 0 aliphatic heterocycles. The zero-order valence-electron chi connectivity index (χ0n) is 14.0. The lowest BCUT2D eigenvalue weighted by Gasteiger charge is -2.17. The van der Waals surface area contributed by atoms with E-state index in [1.54, 1.807) is 24.4 Å². The Labute approximate surface area is 146 Å². The van der Waals surface area contributed by atoms with Crippen molar-refractivity contribution < 1.29 is 4.79 Å². The number of nitrogens with zero attached hydrogens (tertiary/aromatic N) is 2. The van der Waals surface area contributed by atoms with E-state index in [0.717, 1.165) is 23.2 Å². The quantitative estimate of drug-likeness (QED) is 0.748. The maximum Gasteiger partial charge on any atom is 0.251 e. The van der Waals surface area contributed by atoms with Crippen molar-refractivity contribution in [2.45, 2.75) is 19.4 Å². The first-order valence-electron chi connectivity index (χ1n) is 8.22. The minimum absolute atomic E-state index is 0.00459. The van der Waals surface area contributed by atoms with Gasteiger partial charge in [0.15, 0.2) is 0 Å². The molecule has 0 saturated carbocycles. The van der Waals surface area contributed by atoms with Crippen LogP contribution in [0.3, 0.4) is 0 Å². The van der Waals surface area contributed by atoms with E-state index < -0.39 is 0 Å². The van der Waals surface area contributed by atoms with E-state index >= 15 is 0 Å². The molecule has 0 saturated heterocycles. The van der Waals surface area contributed by atoms with Crippen LogP contribution in [0, 0.1) is 0 Å². The van der Waals surface area contributed by atoms with Crippen LogP contribution in [0.1, 0.15) is 35.3 Å². The average Bonchev–Trinajstić information content (AvgIpc) is 2.67. The van der Waals surface area contributed by atoms with Crippen molar-refractivity contribution in [2.75, 3.05) is 5.73 Å². The number of carbonyl (C=O) groups excluding carboxylic acids is 1. The Kier molecular flexibility index (Phi) is 5.04. The number of aromatic nitrogens is 2. The molecule has 0 aliphatic carbocycles. The first-order valence-corrected chi connectivity index (χ1v) is 8.22. The first-order chi connectivity index (χ1) is 12.2.